The molecular weight excluding hydrogens is 665 g/mol. The van der Waals surface area contributed by atoms with Crippen LogP contribution in [0.5, 0.6) is 0 Å². The van der Waals surface area contributed by atoms with E-state index in [0.717, 1.165) is 17.1 Å². The van der Waals surface area contributed by atoms with Gasteiger partial charge >= 0.3 is 0 Å². The minimum absolute atomic E-state index is 0.126. The first-order chi connectivity index (χ1) is 27.0. The Hall–Kier alpha value is -6.90. The molecule has 10 rings (SSSR count). The van der Waals surface area contributed by atoms with Gasteiger partial charge in [0.15, 0.2) is 0 Å². The first-order valence-electron chi connectivity index (χ1n) is 19.1. The number of aromatic nitrogens is 1. The zero-order valence-electron chi connectivity index (χ0n) is 31.0. The summed E-state index contributed by atoms with van der Waals surface area (Å²) < 4.78 is 2.47. The lowest BCUT2D eigenvalue weighted by atomic mass is 9.81. The van der Waals surface area contributed by atoms with Gasteiger partial charge in [-0.15, -0.1) is 0 Å². The summed E-state index contributed by atoms with van der Waals surface area (Å²) in [6.07, 6.45) is 0. The normalized spacial score (nSPS) is 12.7. The molecular formula is C53H40N2. The summed E-state index contributed by atoms with van der Waals surface area (Å²) in [5, 5.41) is 1.32. The average molecular weight is 705 g/mol. The van der Waals surface area contributed by atoms with Crippen LogP contribution in [0, 0.1) is 0 Å². The van der Waals surface area contributed by atoms with Gasteiger partial charge in [0.05, 0.1) is 11.2 Å². The smallest absolute Gasteiger partial charge is 0.0585 e. The molecule has 55 heavy (non-hydrogen) atoms. The fraction of sp³-hybridized carbons (Fsp3) is 0.0566. The van der Waals surface area contributed by atoms with E-state index in [1.807, 2.05) is 0 Å². The predicted molar refractivity (Wildman–Crippen MR) is 232 cm³/mol. The van der Waals surface area contributed by atoms with E-state index >= 15 is 0 Å². The Kier molecular flexibility index (Phi) is 7.85. The molecule has 9 aromatic rings. The highest BCUT2D eigenvalue weighted by molar-refractivity contribution is 6.00. The molecule has 262 valence electrons. The highest BCUT2D eigenvalue weighted by Crippen LogP contribution is 2.54. The maximum atomic E-state index is 2.47. The van der Waals surface area contributed by atoms with Crippen LogP contribution in [0.1, 0.15) is 25.0 Å². The molecule has 0 amide bonds. The van der Waals surface area contributed by atoms with E-state index < -0.39 is 0 Å². The van der Waals surface area contributed by atoms with E-state index in [4.69, 9.17) is 0 Å². The Balaban J connectivity index is 1.05. The van der Waals surface area contributed by atoms with Gasteiger partial charge < -0.3 is 9.47 Å². The molecule has 0 radical (unpaired) electrons. The summed E-state index contributed by atoms with van der Waals surface area (Å²) in [5.41, 5.74) is 18.3. The highest BCUT2D eigenvalue weighted by atomic mass is 15.1. The number of fused-ring (bicyclic) bond motifs is 5. The third-order valence-electron chi connectivity index (χ3n) is 11.4. The summed E-state index contributed by atoms with van der Waals surface area (Å²) in [5.74, 6) is 0. The molecule has 0 fully saturated rings. The van der Waals surface area contributed by atoms with E-state index in [0.29, 0.717) is 0 Å². The number of rotatable bonds is 7. The van der Waals surface area contributed by atoms with Crippen LogP contribution >= 0.6 is 0 Å². The Morgan fingerprint density at radius 2 is 0.818 bits per heavy atom. The Morgan fingerprint density at radius 3 is 1.35 bits per heavy atom. The minimum Gasteiger partial charge on any atom is -0.311 e. The zero-order valence-corrected chi connectivity index (χ0v) is 31.0. The number of benzene rings is 8. The van der Waals surface area contributed by atoms with Gasteiger partial charge in [-0.25, -0.2) is 0 Å². The van der Waals surface area contributed by atoms with E-state index in [9.17, 15) is 0 Å². The standard InChI is InChI=1S/C53H40N2/c1-53(2)49-35-28-42(36-48(49)52-51(53)47-20-12-13-21-50(47)55(52)43-18-10-5-11-19-43)41-26-33-46(34-27-41)54(44-29-22-39(23-30-44)37-14-6-3-7-15-37)45-31-24-40(25-32-45)38-16-8-4-9-17-38/h3-36H,1-2H3. The van der Waals surface area contributed by atoms with Crippen LogP contribution in [-0.2, 0) is 5.41 Å². The summed E-state index contributed by atoms with van der Waals surface area (Å²) in [4.78, 5) is 2.35. The van der Waals surface area contributed by atoms with Gasteiger partial charge in [-0.2, -0.15) is 0 Å². The number of anilines is 3. The van der Waals surface area contributed by atoms with Crippen LogP contribution in [0.4, 0.5) is 17.1 Å². The SMILES string of the molecule is CC1(C)c2ccc(-c3ccc(N(c4ccc(-c5ccccc5)cc4)c4ccc(-c5ccccc5)cc4)cc3)cc2-c2c1c1ccccc1n2-c1ccccc1. The van der Waals surface area contributed by atoms with Crippen molar-refractivity contribution in [1.29, 1.82) is 0 Å². The maximum absolute atomic E-state index is 2.47. The second-order valence-corrected chi connectivity index (χ2v) is 15.0. The predicted octanol–water partition coefficient (Wildman–Crippen LogP) is 14.4. The summed E-state index contributed by atoms with van der Waals surface area (Å²) in [7, 11) is 0. The van der Waals surface area contributed by atoms with E-state index in [1.165, 1.54) is 72.4 Å². The van der Waals surface area contributed by atoms with Crippen molar-refractivity contribution in [1.82, 2.24) is 4.57 Å². The molecule has 0 atom stereocenters. The molecule has 0 aliphatic heterocycles. The lowest BCUT2D eigenvalue weighted by Gasteiger charge is -2.26. The van der Waals surface area contributed by atoms with Crippen LogP contribution < -0.4 is 4.90 Å². The Bertz CT molecular complexity index is 2700. The van der Waals surface area contributed by atoms with Gasteiger partial charge in [0.1, 0.15) is 0 Å². The molecule has 0 saturated heterocycles. The molecule has 2 heteroatoms. The quantitative estimate of drug-likeness (QED) is 0.160. The molecule has 1 aliphatic carbocycles. The molecule has 0 unspecified atom stereocenters. The first kappa shape index (κ1) is 32.7. The maximum Gasteiger partial charge on any atom is 0.0585 e. The Labute approximate surface area is 323 Å². The van der Waals surface area contributed by atoms with Crippen LogP contribution in [0.3, 0.4) is 0 Å². The van der Waals surface area contributed by atoms with Crippen molar-refractivity contribution in [2.75, 3.05) is 4.90 Å². The van der Waals surface area contributed by atoms with Gasteiger partial charge in [-0.1, -0.05) is 159 Å². The average Bonchev–Trinajstić information content (AvgIpc) is 3.72. The minimum atomic E-state index is -0.126. The number of nitrogens with zero attached hydrogens (tertiary/aromatic N) is 2. The lowest BCUT2D eigenvalue weighted by molar-refractivity contribution is 0.666. The second kappa shape index (κ2) is 13.2. The number of hydrogen-bond donors (Lipinski definition) is 0. The molecule has 0 saturated carbocycles. The molecule has 0 bridgehead atoms. The van der Waals surface area contributed by atoms with E-state index in [1.54, 1.807) is 0 Å². The van der Waals surface area contributed by atoms with Crippen LogP contribution in [0.15, 0.2) is 206 Å². The third-order valence-corrected chi connectivity index (χ3v) is 11.4. The first-order valence-corrected chi connectivity index (χ1v) is 19.1. The molecule has 0 spiro atoms. The third kappa shape index (κ3) is 5.57. The van der Waals surface area contributed by atoms with Gasteiger partial charge in [0, 0.05) is 39.1 Å². The molecule has 2 nitrogen and oxygen atoms in total. The van der Waals surface area contributed by atoms with E-state index in [-0.39, 0.29) is 5.41 Å². The molecule has 1 aromatic heterocycles. The van der Waals surface area contributed by atoms with Gasteiger partial charge in [-0.3, -0.25) is 0 Å². The van der Waals surface area contributed by atoms with Crippen molar-refractivity contribution < 1.29 is 0 Å². The van der Waals surface area contributed by atoms with Crippen molar-refractivity contribution in [3.8, 4) is 50.3 Å². The van der Waals surface area contributed by atoms with Gasteiger partial charge in [0.2, 0.25) is 0 Å². The van der Waals surface area contributed by atoms with Crippen LogP contribution in [0.2, 0.25) is 0 Å². The number of para-hydroxylation sites is 2. The summed E-state index contributed by atoms with van der Waals surface area (Å²) in [6, 6.07) is 74.8. The van der Waals surface area contributed by atoms with Crippen molar-refractivity contribution in [2.45, 2.75) is 19.3 Å². The summed E-state index contributed by atoms with van der Waals surface area (Å²) in [6.45, 7) is 4.75. The van der Waals surface area contributed by atoms with Crippen molar-refractivity contribution in [3.63, 3.8) is 0 Å². The van der Waals surface area contributed by atoms with Gasteiger partial charge in [-0.05, 0) is 105 Å². The zero-order chi connectivity index (χ0) is 36.9. The van der Waals surface area contributed by atoms with Crippen molar-refractivity contribution in [2.24, 2.45) is 0 Å². The number of hydrogen-bond acceptors (Lipinski definition) is 1. The lowest BCUT2D eigenvalue weighted by Crippen LogP contribution is -2.14. The monoisotopic (exact) mass is 704 g/mol. The highest BCUT2D eigenvalue weighted by Gasteiger charge is 2.40. The second-order valence-electron chi connectivity index (χ2n) is 15.0. The molecule has 1 aliphatic rings. The topological polar surface area (TPSA) is 8.17 Å². The fourth-order valence-corrected chi connectivity index (χ4v) is 8.69. The molecule has 8 aromatic carbocycles. The molecule has 0 N–H and O–H groups in total. The largest absolute Gasteiger partial charge is 0.311 e. The molecule has 1 heterocycles. The van der Waals surface area contributed by atoms with Crippen LogP contribution in [-0.4, -0.2) is 4.57 Å². The van der Waals surface area contributed by atoms with Crippen molar-refractivity contribution >= 4 is 28.0 Å². The van der Waals surface area contributed by atoms with Gasteiger partial charge in [0.25, 0.3) is 0 Å². The summed E-state index contributed by atoms with van der Waals surface area (Å²) >= 11 is 0. The Morgan fingerprint density at radius 1 is 0.400 bits per heavy atom. The van der Waals surface area contributed by atoms with Crippen molar-refractivity contribution in [3.05, 3.63) is 217 Å². The van der Waals surface area contributed by atoms with Crippen LogP contribution in [0.25, 0.3) is 61.2 Å². The van der Waals surface area contributed by atoms with E-state index in [2.05, 4.69) is 230 Å². The fourth-order valence-electron chi connectivity index (χ4n) is 8.69.